The predicted octanol–water partition coefficient (Wildman–Crippen LogP) is 2.65. The Hall–Kier alpha value is -0.260. The van der Waals surface area contributed by atoms with Crippen LogP contribution < -0.4 is 4.72 Å². The zero-order valence-electron chi connectivity index (χ0n) is 6.71. The number of anilines is 1. The number of benzene rings is 1. The van der Waals surface area contributed by atoms with Gasteiger partial charge < -0.3 is 0 Å². The van der Waals surface area contributed by atoms with Crippen LogP contribution in [0.25, 0.3) is 0 Å². The summed E-state index contributed by atoms with van der Waals surface area (Å²) >= 11 is 3.28. The fourth-order valence-corrected chi connectivity index (χ4v) is 1.85. The molecule has 0 bridgehead atoms. The lowest BCUT2D eigenvalue weighted by Gasteiger charge is -2.03. The largest absolute Gasteiger partial charge is 0.319 e. The fraction of sp³-hybridized carbons (Fsp3) is 0.143. The summed E-state index contributed by atoms with van der Waals surface area (Å²) in [6.45, 7) is 1.91. The topological polar surface area (TPSA) is 46.2 Å². The maximum absolute atomic E-state index is 10.6. The molecule has 0 aliphatic heterocycles. The molecule has 3 nitrogen and oxygen atoms in total. The van der Waals surface area contributed by atoms with Crippen LogP contribution in [0, 0.1) is 6.92 Å². The van der Waals surface area contributed by atoms with E-state index >= 15 is 0 Å². The van der Waals surface area contributed by atoms with Crippen LogP contribution in [0.15, 0.2) is 22.7 Å². The Morgan fingerprint density at radius 3 is 2.54 bits per heavy atom. The zero-order valence-corrected chi connectivity index (χ0v) is 9.87. The molecule has 1 rings (SSSR count). The standard InChI is InChI=1S/C7H7BrClNO2S/c1-5-2-3-6(4-7(5)8)10-13(9,11)12/h2-4,10H,1H3. The number of aryl methyl sites for hydroxylation is 1. The molecule has 0 aliphatic carbocycles. The first-order valence-corrected chi connectivity index (χ1v) is 6.47. The van der Waals surface area contributed by atoms with E-state index in [-0.39, 0.29) is 0 Å². The van der Waals surface area contributed by atoms with Gasteiger partial charge in [0.1, 0.15) is 0 Å². The number of hydrogen-bond acceptors (Lipinski definition) is 2. The molecule has 0 heterocycles. The van der Waals surface area contributed by atoms with E-state index in [9.17, 15) is 8.42 Å². The van der Waals surface area contributed by atoms with Crippen LogP contribution in [0.5, 0.6) is 0 Å². The van der Waals surface area contributed by atoms with Crippen LogP contribution >= 0.6 is 26.6 Å². The Labute approximate surface area is 89.8 Å². The summed E-state index contributed by atoms with van der Waals surface area (Å²) in [5.74, 6) is 0. The molecule has 0 spiro atoms. The maximum atomic E-state index is 10.6. The molecule has 0 aliphatic rings. The molecule has 1 N–H and O–H groups in total. The van der Waals surface area contributed by atoms with E-state index in [0.29, 0.717) is 5.69 Å². The van der Waals surface area contributed by atoms with Crippen LogP contribution in [0.4, 0.5) is 5.69 Å². The average molecular weight is 285 g/mol. The number of halogens is 2. The Balaban J connectivity index is 2.99. The van der Waals surface area contributed by atoms with Gasteiger partial charge >= 0.3 is 9.24 Å². The quantitative estimate of drug-likeness (QED) is 0.849. The van der Waals surface area contributed by atoms with Crippen molar-refractivity contribution in [2.45, 2.75) is 6.92 Å². The van der Waals surface area contributed by atoms with Gasteiger partial charge in [0, 0.05) is 15.2 Å². The van der Waals surface area contributed by atoms with Crippen molar-refractivity contribution >= 4 is 41.5 Å². The highest BCUT2D eigenvalue weighted by atomic mass is 79.9. The lowest BCUT2D eigenvalue weighted by Crippen LogP contribution is -2.03. The van der Waals surface area contributed by atoms with Crippen molar-refractivity contribution in [2.24, 2.45) is 0 Å². The first kappa shape index (κ1) is 10.8. The highest BCUT2D eigenvalue weighted by Crippen LogP contribution is 2.21. The highest BCUT2D eigenvalue weighted by molar-refractivity contribution is 9.10. The van der Waals surface area contributed by atoms with Gasteiger partial charge in [-0.25, -0.2) is 0 Å². The Morgan fingerprint density at radius 2 is 2.08 bits per heavy atom. The molecule has 0 unspecified atom stereocenters. The van der Waals surface area contributed by atoms with E-state index in [0.717, 1.165) is 10.0 Å². The smallest absolute Gasteiger partial charge is 0.271 e. The summed E-state index contributed by atoms with van der Waals surface area (Å²) in [6, 6.07) is 5.07. The van der Waals surface area contributed by atoms with Crippen molar-refractivity contribution in [1.82, 2.24) is 0 Å². The molecule has 13 heavy (non-hydrogen) atoms. The third-order valence-electron chi connectivity index (χ3n) is 1.41. The molecular formula is C7H7BrClNO2S. The van der Waals surface area contributed by atoms with Crippen molar-refractivity contribution in [3.8, 4) is 0 Å². The second kappa shape index (κ2) is 3.86. The molecular weight excluding hydrogens is 278 g/mol. The number of nitrogens with one attached hydrogen (secondary N) is 1. The summed E-state index contributed by atoms with van der Waals surface area (Å²) in [4.78, 5) is 0. The Kier molecular flexibility index (Phi) is 3.21. The summed E-state index contributed by atoms with van der Waals surface area (Å²) in [5, 5.41) is 0. The SMILES string of the molecule is Cc1ccc(NS(=O)(=O)Cl)cc1Br. The van der Waals surface area contributed by atoms with Gasteiger partial charge in [-0.1, -0.05) is 22.0 Å². The van der Waals surface area contributed by atoms with Crippen LogP contribution in [-0.2, 0) is 9.24 Å². The van der Waals surface area contributed by atoms with Crippen molar-refractivity contribution in [3.63, 3.8) is 0 Å². The van der Waals surface area contributed by atoms with Gasteiger partial charge in [0.05, 0.1) is 5.69 Å². The van der Waals surface area contributed by atoms with E-state index in [1.807, 2.05) is 6.92 Å². The molecule has 1 aromatic rings. The second-order valence-electron chi connectivity index (χ2n) is 2.50. The minimum atomic E-state index is -3.71. The zero-order chi connectivity index (χ0) is 10.1. The molecule has 1 aromatic carbocycles. The molecule has 6 heteroatoms. The first-order valence-electron chi connectivity index (χ1n) is 3.37. The van der Waals surface area contributed by atoms with Crippen LogP contribution in [0.2, 0.25) is 0 Å². The second-order valence-corrected chi connectivity index (χ2v) is 5.66. The van der Waals surface area contributed by atoms with Gasteiger partial charge in [-0.15, -0.1) is 0 Å². The molecule has 0 saturated heterocycles. The molecule has 0 fully saturated rings. The van der Waals surface area contributed by atoms with Gasteiger partial charge in [-0.2, -0.15) is 8.42 Å². The Morgan fingerprint density at radius 1 is 1.46 bits per heavy atom. The molecule has 0 aromatic heterocycles. The fourth-order valence-electron chi connectivity index (χ4n) is 0.797. The monoisotopic (exact) mass is 283 g/mol. The lowest BCUT2D eigenvalue weighted by atomic mass is 10.2. The molecule has 0 radical (unpaired) electrons. The van der Waals surface area contributed by atoms with Gasteiger partial charge in [0.15, 0.2) is 0 Å². The van der Waals surface area contributed by atoms with Crippen molar-refractivity contribution in [3.05, 3.63) is 28.2 Å². The van der Waals surface area contributed by atoms with Crippen LogP contribution in [0.3, 0.4) is 0 Å². The summed E-state index contributed by atoms with van der Waals surface area (Å²) in [6.07, 6.45) is 0. The number of rotatable bonds is 2. The summed E-state index contributed by atoms with van der Waals surface area (Å²) < 4.78 is 24.3. The summed E-state index contributed by atoms with van der Waals surface area (Å²) in [7, 11) is 1.30. The van der Waals surface area contributed by atoms with E-state index in [1.165, 1.54) is 0 Å². The normalized spacial score (nSPS) is 11.3. The minimum Gasteiger partial charge on any atom is -0.271 e. The average Bonchev–Trinajstić information content (AvgIpc) is 1.94. The molecule has 72 valence electrons. The number of hydrogen-bond donors (Lipinski definition) is 1. The van der Waals surface area contributed by atoms with Crippen molar-refractivity contribution in [2.75, 3.05) is 4.72 Å². The summed E-state index contributed by atoms with van der Waals surface area (Å²) in [5.41, 5.74) is 1.46. The van der Waals surface area contributed by atoms with Crippen LogP contribution in [0.1, 0.15) is 5.56 Å². The van der Waals surface area contributed by atoms with Gasteiger partial charge in [-0.05, 0) is 24.6 Å². The van der Waals surface area contributed by atoms with E-state index < -0.39 is 9.24 Å². The van der Waals surface area contributed by atoms with Gasteiger partial charge in [0.25, 0.3) is 0 Å². The Bertz CT molecular complexity index is 419. The molecule has 0 amide bonds. The third kappa shape index (κ3) is 3.54. The van der Waals surface area contributed by atoms with Gasteiger partial charge in [0.2, 0.25) is 0 Å². The molecule has 0 atom stereocenters. The minimum absolute atomic E-state index is 0.437. The van der Waals surface area contributed by atoms with E-state index in [4.69, 9.17) is 10.7 Å². The van der Waals surface area contributed by atoms with Gasteiger partial charge in [-0.3, -0.25) is 4.72 Å². The highest BCUT2D eigenvalue weighted by Gasteiger charge is 2.04. The van der Waals surface area contributed by atoms with Crippen LogP contribution in [-0.4, -0.2) is 8.42 Å². The molecule has 0 saturated carbocycles. The van der Waals surface area contributed by atoms with Crippen molar-refractivity contribution in [1.29, 1.82) is 0 Å². The van der Waals surface area contributed by atoms with E-state index in [1.54, 1.807) is 18.2 Å². The maximum Gasteiger partial charge on any atom is 0.319 e. The predicted molar refractivity (Wildman–Crippen MR) is 57.3 cm³/mol. The van der Waals surface area contributed by atoms with Crippen molar-refractivity contribution < 1.29 is 8.42 Å². The first-order chi connectivity index (χ1) is 5.88. The lowest BCUT2D eigenvalue weighted by molar-refractivity contribution is 0.614. The van der Waals surface area contributed by atoms with E-state index in [2.05, 4.69) is 20.7 Å². The third-order valence-corrected chi connectivity index (χ3v) is 2.98.